The standard InChI is InChI=1S/C23H23FN4OS/c1-15-22-18(13-16(14-20(22)29)21-7-4-12-30-21)26-23(25-15)28-10-8-27(9-11-28)19-6-3-2-5-17(19)24/h2-7,12,16H,8-11,13-14H2,1H3. The van der Waals surface area contributed by atoms with E-state index >= 15 is 0 Å². The number of anilines is 2. The molecule has 0 amide bonds. The number of nitrogens with zero attached hydrogens (tertiary/aromatic N) is 4. The summed E-state index contributed by atoms with van der Waals surface area (Å²) in [5.41, 5.74) is 2.98. The van der Waals surface area contributed by atoms with Crippen molar-refractivity contribution in [2.75, 3.05) is 36.0 Å². The van der Waals surface area contributed by atoms with E-state index in [0.717, 1.165) is 30.9 Å². The number of halogens is 1. The second-order valence-electron chi connectivity index (χ2n) is 7.90. The second kappa shape index (κ2) is 7.80. The number of hydrogen-bond donors (Lipinski definition) is 0. The first kappa shape index (κ1) is 19.2. The van der Waals surface area contributed by atoms with Crippen LogP contribution in [0.15, 0.2) is 41.8 Å². The molecule has 30 heavy (non-hydrogen) atoms. The Hall–Kier alpha value is -2.80. The van der Waals surface area contributed by atoms with E-state index in [4.69, 9.17) is 4.98 Å². The van der Waals surface area contributed by atoms with Gasteiger partial charge in [-0.2, -0.15) is 0 Å². The predicted octanol–water partition coefficient (Wildman–Crippen LogP) is 4.22. The molecule has 7 heteroatoms. The maximum Gasteiger partial charge on any atom is 0.225 e. The van der Waals surface area contributed by atoms with Crippen molar-refractivity contribution in [2.24, 2.45) is 0 Å². The van der Waals surface area contributed by atoms with Gasteiger partial charge in [-0.25, -0.2) is 14.4 Å². The van der Waals surface area contributed by atoms with Gasteiger partial charge in [0.1, 0.15) is 5.82 Å². The predicted molar refractivity (Wildman–Crippen MR) is 117 cm³/mol. The van der Waals surface area contributed by atoms with E-state index in [1.54, 1.807) is 17.4 Å². The number of aromatic nitrogens is 2. The lowest BCUT2D eigenvalue weighted by atomic mass is 9.84. The first-order valence-corrected chi connectivity index (χ1v) is 11.2. The normalized spacial score (nSPS) is 19.1. The average molecular weight is 423 g/mol. The molecule has 3 heterocycles. The number of fused-ring (bicyclic) bond motifs is 1. The highest BCUT2D eigenvalue weighted by Crippen LogP contribution is 2.35. The lowest BCUT2D eigenvalue weighted by molar-refractivity contribution is 0.0962. The first-order valence-electron chi connectivity index (χ1n) is 10.3. The third-order valence-corrected chi connectivity index (χ3v) is 7.04. The number of para-hydroxylation sites is 1. The summed E-state index contributed by atoms with van der Waals surface area (Å²) in [4.78, 5) is 27.7. The molecule has 1 atom stereocenters. The van der Waals surface area contributed by atoms with Gasteiger partial charge in [-0.05, 0) is 36.9 Å². The third kappa shape index (κ3) is 3.47. The fourth-order valence-corrected chi connectivity index (χ4v) is 5.31. The van der Waals surface area contributed by atoms with Crippen LogP contribution >= 0.6 is 11.3 Å². The Morgan fingerprint density at radius 1 is 1.00 bits per heavy atom. The number of aryl methyl sites for hydroxylation is 1. The molecular weight excluding hydrogens is 399 g/mol. The molecule has 1 unspecified atom stereocenters. The average Bonchev–Trinajstić information content (AvgIpc) is 3.29. The van der Waals surface area contributed by atoms with Crippen LogP contribution in [0.25, 0.3) is 0 Å². The number of carbonyl (C=O) groups is 1. The summed E-state index contributed by atoms with van der Waals surface area (Å²) in [7, 11) is 0. The molecule has 5 nitrogen and oxygen atoms in total. The van der Waals surface area contributed by atoms with Crippen molar-refractivity contribution in [2.45, 2.75) is 25.7 Å². The third-order valence-electron chi connectivity index (χ3n) is 6.00. The molecule has 1 aliphatic carbocycles. The fourth-order valence-electron chi connectivity index (χ4n) is 4.48. The second-order valence-corrected chi connectivity index (χ2v) is 8.88. The minimum atomic E-state index is -0.190. The van der Waals surface area contributed by atoms with Crippen molar-refractivity contribution >= 4 is 28.8 Å². The van der Waals surface area contributed by atoms with Crippen LogP contribution in [0, 0.1) is 12.7 Å². The molecule has 1 saturated heterocycles. The molecule has 1 fully saturated rings. The highest BCUT2D eigenvalue weighted by Gasteiger charge is 2.31. The molecule has 5 rings (SSSR count). The zero-order valence-electron chi connectivity index (χ0n) is 16.8. The molecule has 0 N–H and O–H groups in total. The van der Waals surface area contributed by atoms with E-state index < -0.39 is 0 Å². The van der Waals surface area contributed by atoms with Crippen LogP contribution in [-0.4, -0.2) is 41.9 Å². The van der Waals surface area contributed by atoms with E-state index in [1.807, 2.05) is 25.1 Å². The number of carbonyl (C=O) groups excluding carboxylic acids is 1. The van der Waals surface area contributed by atoms with Crippen molar-refractivity contribution in [3.05, 3.63) is 69.4 Å². The highest BCUT2D eigenvalue weighted by molar-refractivity contribution is 7.10. The highest BCUT2D eigenvalue weighted by atomic mass is 32.1. The quantitative estimate of drug-likeness (QED) is 0.632. The molecule has 1 aliphatic heterocycles. The van der Waals surface area contributed by atoms with Crippen molar-refractivity contribution < 1.29 is 9.18 Å². The Balaban J connectivity index is 1.37. The van der Waals surface area contributed by atoms with Crippen LogP contribution in [0.5, 0.6) is 0 Å². The maximum atomic E-state index is 14.1. The van der Waals surface area contributed by atoms with Crippen molar-refractivity contribution in [1.82, 2.24) is 9.97 Å². The molecule has 0 spiro atoms. The van der Waals surface area contributed by atoms with Gasteiger partial charge in [0, 0.05) is 43.4 Å². The Labute approximate surface area is 179 Å². The Morgan fingerprint density at radius 2 is 1.77 bits per heavy atom. The Morgan fingerprint density at radius 3 is 2.50 bits per heavy atom. The zero-order chi connectivity index (χ0) is 20.7. The molecular formula is C23H23FN4OS. The zero-order valence-corrected chi connectivity index (χ0v) is 17.7. The molecule has 0 saturated carbocycles. The van der Waals surface area contributed by atoms with Gasteiger partial charge in [-0.1, -0.05) is 18.2 Å². The van der Waals surface area contributed by atoms with Crippen molar-refractivity contribution in [3.63, 3.8) is 0 Å². The smallest absolute Gasteiger partial charge is 0.225 e. The molecule has 0 radical (unpaired) electrons. The summed E-state index contributed by atoms with van der Waals surface area (Å²) >= 11 is 1.70. The number of Topliss-reactive ketones (excluding diaryl/α,β-unsaturated/α-hetero) is 1. The minimum Gasteiger partial charge on any atom is -0.366 e. The van der Waals surface area contributed by atoms with Gasteiger partial charge in [-0.15, -0.1) is 11.3 Å². The Kier molecular flexibility index (Phi) is 4.98. The molecule has 0 bridgehead atoms. The van der Waals surface area contributed by atoms with Crippen LogP contribution in [0.4, 0.5) is 16.0 Å². The van der Waals surface area contributed by atoms with Crippen LogP contribution in [0.2, 0.25) is 0 Å². The monoisotopic (exact) mass is 422 g/mol. The van der Waals surface area contributed by atoms with Crippen LogP contribution in [-0.2, 0) is 6.42 Å². The summed E-state index contributed by atoms with van der Waals surface area (Å²) < 4.78 is 14.1. The number of thiophene rings is 1. The molecule has 1 aromatic carbocycles. The van der Waals surface area contributed by atoms with E-state index in [0.29, 0.717) is 36.7 Å². The van der Waals surface area contributed by atoms with E-state index in [-0.39, 0.29) is 17.5 Å². The Bertz CT molecular complexity index is 1080. The van der Waals surface area contributed by atoms with Gasteiger partial charge in [0.05, 0.1) is 22.6 Å². The van der Waals surface area contributed by atoms with Gasteiger partial charge in [-0.3, -0.25) is 4.79 Å². The van der Waals surface area contributed by atoms with Crippen LogP contribution in [0.3, 0.4) is 0 Å². The molecule has 2 aromatic heterocycles. The topological polar surface area (TPSA) is 49.3 Å². The van der Waals surface area contributed by atoms with Gasteiger partial charge in [0.25, 0.3) is 0 Å². The van der Waals surface area contributed by atoms with E-state index in [1.165, 1.54) is 10.9 Å². The fraction of sp³-hybridized carbons (Fsp3) is 0.348. The summed E-state index contributed by atoms with van der Waals surface area (Å²) in [6, 6.07) is 11.0. The first-order chi connectivity index (χ1) is 14.6. The van der Waals surface area contributed by atoms with Crippen molar-refractivity contribution in [3.8, 4) is 0 Å². The summed E-state index contributed by atoms with van der Waals surface area (Å²) in [6.45, 7) is 4.75. The minimum absolute atomic E-state index is 0.142. The molecule has 154 valence electrons. The summed E-state index contributed by atoms with van der Waals surface area (Å²) in [5.74, 6) is 0.831. The summed E-state index contributed by atoms with van der Waals surface area (Å²) in [5, 5.41) is 2.06. The van der Waals surface area contributed by atoms with Gasteiger partial charge in [0.15, 0.2) is 5.78 Å². The SMILES string of the molecule is Cc1nc(N2CCN(c3ccccc3F)CC2)nc2c1C(=O)CC(c1cccs1)C2. The van der Waals surface area contributed by atoms with Crippen molar-refractivity contribution in [1.29, 1.82) is 0 Å². The summed E-state index contributed by atoms with van der Waals surface area (Å²) in [6.07, 6.45) is 1.30. The van der Waals surface area contributed by atoms with Gasteiger partial charge < -0.3 is 9.80 Å². The molecule has 3 aromatic rings. The van der Waals surface area contributed by atoms with E-state index in [2.05, 4.69) is 26.2 Å². The van der Waals surface area contributed by atoms with Crippen LogP contribution < -0.4 is 9.80 Å². The lowest BCUT2D eigenvalue weighted by Gasteiger charge is -2.36. The van der Waals surface area contributed by atoms with E-state index in [9.17, 15) is 9.18 Å². The van der Waals surface area contributed by atoms with Gasteiger partial charge >= 0.3 is 0 Å². The molecule has 2 aliphatic rings. The number of ketones is 1. The number of hydrogen-bond acceptors (Lipinski definition) is 6. The largest absolute Gasteiger partial charge is 0.366 e. The van der Waals surface area contributed by atoms with Crippen LogP contribution in [0.1, 0.15) is 39.0 Å². The number of benzene rings is 1. The number of rotatable bonds is 3. The number of piperazine rings is 1. The lowest BCUT2D eigenvalue weighted by Crippen LogP contribution is -2.47. The van der Waals surface area contributed by atoms with Gasteiger partial charge in [0.2, 0.25) is 5.95 Å². The maximum absolute atomic E-state index is 14.1.